The standard InChI is InChI=1S/C20H26N4O4/c1-19(2,3)15-11(17(27)23(7)21-15)9-13(25)10(14(9)26)12-16(20(4,5)6)22-24(8)18(12)28/h21,25H,1-8H3/b12-10-. The Morgan fingerprint density at radius 1 is 0.893 bits per heavy atom. The number of carbonyl (C=O) groups is 2. The number of aromatic amines is 1. The Balaban J connectivity index is 2.28. The van der Waals surface area contributed by atoms with Crippen molar-refractivity contribution in [1.29, 1.82) is 0 Å². The van der Waals surface area contributed by atoms with Crippen LogP contribution in [0.15, 0.2) is 26.8 Å². The minimum Gasteiger partial charge on any atom is -0.506 e. The van der Waals surface area contributed by atoms with Gasteiger partial charge in [-0.15, -0.1) is 0 Å². The smallest absolute Gasteiger partial charge is 0.276 e. The number of rotatable bonds is 1. The Morgan fingerprint density at radius 3 is 1.93 bits per heavy atom. The minimum absolute atomic E-state index is 0.0510. The van der Waals surface area contributed by atoms with Crippen LogP contribution < -0.4 is 5.56 Å². The van der Waals surface area contributed by atoms with Crippen molar-refractivity contribution in [2.75, 3.05) is 7.05 Å². The van der Waals surface area contributed by atoms with Gasteiger partial charge in [0.15, 0.2) is 0 Å². The summed E-state index contributed by atoms with van der Waals surface area (Å²) in [5, 5.41) is 19.2. The number of aromatic nitrogens is 2. The highest BCUT2D eigenvalue weighted by molar-refractivity contribution is 6.44. The number of likely N-dealkylation sites (N-methyl/N-ethyl adjacent to an activating group) is 1. The first kappa shape index (κ1) is 19.9. The largest absolute Gasteiger partial charge is 0.506 e. The van der Waals surface area contributed by atoms with Crippen molar-refractivity contribution in [2.24, 2.45) is 17.6 Å². The quantitative estimate of drug-likeness (QED) is 0.720. The molecule has 0 fully saturated rings. The molecule has 0 spiro atoms. The first-order chi connectivity index (χ1) is 12.7. The van der Waals surface area contributed by atoms with E-state index in [1.54, 1.807) is 7.05 Å². The normalized spacial score (nSPS) is 20.9. The molecule has 0 saturated carbocycles. The molecule has 3 rings (SSSR count). The number of hydrazone groups is 1. The fourth-order valence-electron chi connectivity index (χ4n) is 3.45. The van der Waals surface area contributed by atoms with Crippen LogP contribution in [0.4, 0.5) is 0 Å². The molecule has 0 atom stereocenters. The molecular weight excluding hydrogens is 360 g/mol. The summed E-state index contributed by atoms with van der Waals surface area (Å²) in [6, 6.07) is 0. The van der Waals surface area contributed by atoms with Gasteiger partial charge in [-0.2, -0.15) is 5.10 Å². The monoisotopic (exact) mass is 386 g/mol. The average Bonchev–Trinajstić information content (AvgIpc) is 3.00. The molecular formula is C20H26N4O4. The summed E-state index contributed by atoms with van der Waals surface area (Å²) < 4.78 is 1.28. The summed E-state index contributed by atoms with van der Waals surface area (Å²) in [7, 11) is 3.06. The number of aryl methyl sites for hydroxylation is 1. The molecule has 1 amide bonds. The molecule has 28 heavy (non-hydrogen) atoms. The van der Waals surface area contributed by atoms with Crippen molar-refractivity contribution in [3.05, 3.63) is 38.5 Å². The van der Waals surface area contributed by atoms with E-state index in [0.717, 1.165) is 5.01 Å². The fourth-order valence-corrected chi connectivity index (χ4v) is 3.45. The topological polar surface area (TPSA) is 108 Å². The van der Waals surface area contributed by atoms with E-state index < -0.39 is 28.1 Å². The molecule has 0 aromatic carbocycles. The van der Waals surface area contributed by atoms with E-state index in [2.05, 4.69) is 10.2 Å². The second kappa shape index (κ2) is 5.80. The molecule has 150 valence electrons. The van der Waals surface area contributed by atoms with Crippen molar-refractivity contribution < 1.29 is 14.7 Å². The lowest BCUT2D eigenvalue weighted by atomic mass is 9.74. The Kier molecular flexibility index (Phi) is 4.11. The second-order valence-corrected chi connectivity index (χ2v) is 9.31. The maximum absolute atomic E-state index is 13.1. The van der Waals surface area contributed by atoms with Crippen LogP contribution in [-0.2, 0) is 22.1 Å². The van der Waals surface area contributed by atoms with Gasteiger partial charge < -0.3 is 5.11 Å². The molecule has 0 radical (unpaired) electrons. The van der Waals surface area contributed by atoms with Gasteiger partial charge in [-0.3, -0.25) is 24.2 Å². The summed E-state index contributed by atoms with van der Waals surface area (Å²) >= 11 is 0. The Labute approximate surface area is 163 Å². The molecule has 1 aromatic heterocycles. The zero-order valence-corrected chi connectivity index (χ0v) is 17.5. The third-order valence-corrected chi connectivity index (χ3v) is 4.93. The van der Waals surface area contributed by atoms with Crippen molar-refractivity contribution in [3.63, 3.8) is 0 Å². The van der Waals surface area contributed by atoms with Crippen molar-refractivity contribution in [2.45, 2.75) is 47.0 Å². The predicted octanol–water partition coefficient (Wildman–Crippen LogP) is 2.03. The molecule has 2 N–H and O–H groups in total. The van der Waals surface area contributed by atoms with Gasteiger partial charge in [0, 0.05) is 24.9 Å². The number of nitrogens with zero attached hydrogens (tertiary/aromatic N) is 3. The summed E-state index contributed by atoms with van der Waals surface area (Å²) in [6.45, 7) is 11.3. The average molecular weight is 386 g/mol. The van der Waals surface area contributed by atoms with E-state index in [1.807, 2.05) is 41.5 Å². The number of Topliss-reactive ketones (excluding diaryl/α,β-unsaturated/α-hetero) is 1. The van der Waals surface area contributed by atoms with Crippen molar-refractivity contribution in [3.8, 4) is 0 Å². The molecule has 1 aliphatic carbocycles. The van der Waals surface area contributed by atoms with E-state index in [9.17, 15) is 19.5 Å². The van der Waals surface area contributed by atoms with Gasteiger partial charge in [0.2, 0.25) is 5.78 Å². The third-order valence-electron chi connectivity index (χ3n) is 4.93. The zero-order valence-electron chi connectivity index (χ0n) is 17.5. The van der Waals surface area contributed by atoms with Gasteiger partial charge in [0.05, 0.1) is 33.7 Å². The van der Waals surface area contributed by atoms with Gasteiger partial charge in [-0.05, 0) is 0 Å². The SMILES string of the molecule is CN1N=C(C(C)(C)C)/C(=C2/C(=O)C(c3c(C(C)(C)C)[nH]n(C)c3=O)=C2O)C1=O. The van der Waals surface area contributed by atoms with E-state index in [0.29, 0.717) is 11.4 Å². The van der Waals surface area contributed by atoms with Gasteiger partial charge >= 0.3 is 0 Å². The maximum atomic E-state index is 13.1. The summed E-state index contributed by atoms with van der Waals surface area (Å²) in [6.07, 6.45) is 0. The van der Waals surface area contributed by atoms with Gasteiger partial charge in [0.1, 0.15) is 5.76 Å². The number of amides is 1. The highest BCUT2D eigenvalue weighted by atomic mass is 16.3. The highest BCUT2D eigenvalue weighted by Crippen LogP contribution is 2.42. The van der Waals surface area contributed by atoms with Crippen LogP contribution in [0.5, 0.6) is 0 Å². The van der Waals surface area contributed by atoms with Crippen LogP contribution in [0.25, 0.3) is 5.57 Å². The molecule has 8 heteroatoms. The summed E-state index contributed by atoms with van der Waals surface area (Å²) in [4.78, 5) is 38.3. The fraction of sp³-hybridized carbons (Fsp3) is 0.500. The number of hydrogen-bond acceptors (Lipinski definition) is 5. The minimum atomic E-state index is -0.518. The number of allylic oxidation sites excluding steroid dienone is 2. The van der Waals surface area contributed by atoms with Crippen LogP contribution in [0, 0.1) is 5.41 Å². The number of nitrogens with one attached hydrogen (secondary N) is 1. The molecule has 0 unspecified atom stereocenters. The molecule has 1 aromatic rings. The van der Waals surface area contributed by atoms with Crippen molar-refractivity contribution in [1.82, 2.24) is 14.8 Å². The van der Waals surface area contributed by atoms with Gasteiger partial charge in [0.25, 0.3) is 11.5 Å². The molecule has 1 aliphatic heterocycles. The third kappa shape index (κ3) is 2.66. The molecule has 2 heterocycles. The molecule has 0 saturated heterocycles. The number of ketones is 1. The molecule has 2 aliphatic rings. The van der Waals surface area contributed by atoms with Gasteiger partial charge in [-0.25, -0.2) is 5.01 Å². The van der Waals surface area contributed by atoms with Crippen LogP contribution in [0.1, 0.15) is 52.8 Å². The number of aliphatic hydroxyl groups is 1. The van der Waals surface area contributed by atoms with Crippen LogP contribution in [0.2, 0.25) is 0 Å². The highest BCUT2D eigenvalue weighted by Gasteiger charge is 2.47. The number of carbonyl (C=O) groups excluding carboxylic acids is 2. The summed E-state index contributed by atoms with van der Waals surface area (Å²) in [5.41, 5.74) is -0.228. The number of hydrogen-bond donors (Lipinski definition) is 2. The zero-order chi connectivity index (χ0) is 21.3. The van der Waals surface area contributed by atoms with Crippen LogP contribution in [-0.4, -0.2) is 44.3 Å². The van der Waals surface area contributed by atoms with Crippen LogP contribution >= 0.6 is 0 Å². The Morgan fingerprint density at radius 2 is 1.46 bits per heavy atom. The first-order valence-electron chi connectivity index (χ1n) is 9.07. The summed E-state index contributed by atoms with van der Waals surface area (Å²) in [5.74, 6) is -1.30. The first-order valence-corrected chi connectivity index (χ1v) is 9.07. The maximum Gasteiger partial charge on any atom is 0.276 e. The Hall–Kier alpha value is -2.90. The molecule has 0 bridgehead atoms. The number of H-pyrrole nitrogens is 1. The van der Waals surface area contributed by atoms with E-state index in [-0.39, 0.29) is 28.0 Å². The van der Waals surface area contributed by atoms with E-state index in [4.69, 9.17) is 0 Å². The van der Waals surface area contributed by atoms with Crippen LogP contribution in [0.3, 0.4) is 0 Å². The predicted molar refractivity (Wildman–Crippen MR) is 106 cm³/mol. The van der Waals surface area contributed by atoms with E-state index in [1.165, 1.54) is 11.7 Å². The lowest BCUT2D eigenvalue weighted by Gasteiger charge is -2.27. The lowest BCUT2D eigenvalue weighted by molar-refractivity contribution is -0.125. The number of aliphatic hydroxyl groups excluding tert-OH is 1. The van der Waals surface area contributed by atoms with E-state index >= 15 is 0 Å². The Bertz CT molecular complexity index is 1070. The second-order valence-electron chi connectivity index (χ2n) is 9.31. The van der Waals surface area contributed by atoms with Crippen molar-refractivity contribution >= 4 is 23.0 Å². The van der Waals surface area contributed by atoms with Gasteiger partial charge in [-0.1, -0.05) is 41.5 Å². The molecule has 8 nitrogen and oxygen atoms in total. The lowest BCUT2D eigenvalue weighted by Crippen LogP contribution is -2.33.